The van der Waals surface area contributed by atoms with E-state index in [4.69, 9.17) is 0 Å². The van der Waals surface area contributed by atoms with E-state index in [1.807, 2.05) is 0 Å². The van der Waals surface area contributed by atoms with Crippen LogP contribution < -0.4 is 5.32 Å². The van der Waals surface area contributed by atoms with Crippen LogP contribution in [0.3, 0.4) is 0 Å². The Bertz CT molecular complexity index is 147. The van der Waals surface area contributed by atoms with Gasteiger partial charge in [0, 0.05) is 6.04 Å². The van der Waals surface area contributed by atoms with Crippen molar-refractivity contribution in [2.45, 2.75) is 64.5 Å². The molecule has 1 saturated carbocycles. The summed E-state index contributed by atoms with van der Waals surface area (Å²) >= 11 is 0. The molecule has 0 heterocycles. The largest absolute Gasteiger partial charge is 0.392 e. The molecule has 0 radical (unpaired) electrons. The maximum atomic E-state index is 9.71. The zero-order chi connectivity index (χ0) is 10.4. The average Bonchev–Trinajstić information content (AvgIpc) is 2.15. The van der Waals surface area contributed by atoms with Gasteiger partial charge in [-0.05, 0) is 38.1 Å². The Hall–Kier alpha value is -0.0800. The topological polar surface area (TPSA) is 32.3 Å². The van der Waals surface area contributed by atoms with Crippen LogP contribution in [0.4, 0.5) is 0 Å². The molecule has 1 rings (SSSR count). The highest BCUT2D eigenvalue weighted by atomic mass is 16.3. The normalized spacial score (nSPS) is 28.3. The van der Waals surface area contributed by atoms with Gasteiger partial charge in [0.2, 0.25) is 0 Å². The zero-order valence-corrected chi connectivity index (χ0v) is 9.63. The van der Waals surface area contributed by atoms with Gasteiger partial charge in [0.15, 0.2) is 0 Å². The summed E-state index contributed by atoms with van der Waals surface area (Å²) in [7, 11) is 0. The minimum atomic E-state index is -0.0946. The molecule has 1 aliphatic carbocycles. The lowest BCUT2D eigenvalue weighted by atomic mass is 9.92. The molecule has 1 aliphatic rings. The quantitative estimate of drug-likeness (QED) is 0.666. The molecule has 0 bridgehead atoms. The van der Waals surface area contributed by atoms with Gasteiger partial charge in [0.25, 0.3) is 0 Å². The van der Waals surface area contributed by atoms with Crippen LogP contribution in [0.5, 0.6) is 0 Å². The Balaban J connectivity index is 2.04. The van der Waals surface area contributed by atoms with Gasteiger partial charge in [-0.1, -0.05) is 26.7 Å². The van der Waals surface area contributed by atoms with E-state index in [0.717, 1.165) is 25.3 Å². The van der Waals surface area contributed by atoms with Gasteiger partial charge in [0.05, 0.1) is 6.10 Å². The molecule has 2 atom stereocenters. The summed E-state index contributed by atoms with van der Waals surface area (Å²) in [6.45, 7) is 5.59. The fourth-order valence-corrected chi connectivity index (χ4v) is 2.15. The number of rotatable bonds is 5. The van der Waals surface area contributed by atoms with Crippen LogP contribution >= 0.6 is 0 Å². The Kier molecular flexibility index (Phi) is 5.49. The van der Waals surface area contributed by atoms with Crippen molar-refractivity contribution < 1.29 is 5.11 Å². The summed E-state index contributed by atoms with van der Waals surface area (Å²) < 4.78 is 0. The van der Waals surface area contributed by atoms with Crippen molar-refractivity contribution in [2.75, 3.05) is 6.54 Å². The first-order valence-corrected chi connectivity index (χ1v) is 6.11. The van der Waals surface area contributed by atoms with Crippen molar-refractivity contribution in [3.8, 4) is 0 Å². The van der Waals surface area contributed by atoms with Crippen molar-refractivity contribution in [3.63, 3.8) is 0 Å². The van der Waals surface area contributed by atoms with Crippen LogP contribution in [0.2, 0.25) is 0 Å². The summed E-state index contributed by atoms with van der Waals surface area (Å²) in [6.07, 6.45) is 7.05. The number of hydrogen-bond donors (Lipinski definition) is 2. The highest BCUT2D eigenvalue weighted by Crippen LogP contribution is 2.18. The lowest BCUT2D eigenvalue weighted by Gasteiger charge is -2.28. The second-order valence-electron chi connectivity index (χ2n) is 4.95. The van der Waals surface area contributed by atoms with Crippen molar-refractivity contribution in [1.29, 1.82) is 0 Å². The third-order valence-corrected chi connectivity index (χ3v) is 3.09. The van der Waals surface area contributed by atoms with Crippen LogP contribution in [0.15, 0.2) is 0 Å². The highest BCUT2D eigenvalue weighted by Gasteiger charge is 2.21. The number of aliphatic hydroxyl groups excluding tert-OH is 1. The molecular weight excluding hydrogens is 174 g/mol. The van der Waals surface area contributed by atoms with Crippen molar-refractivity contribution in [3.05, 3.63) is 0 Å². The molecule has 2 N–H and O–H groups in total. The molecule has 84 valence electrons. The summed E-state index contributed by atoms with van der Waals surface area (Å²) in [5, 5.41) is 13.2. The minimum Gasteiger partial charge on any atom is -0.392 e. The molecule has 0 unspecified atom stereocenters. The van der Waals surface area contributed by atoms with E-state index in [1.165, 1.54) is 25.7 Å². The molecular formula is C12H25NO. The van der Waals surface area contributed by atoms with Gasteiger partial charge in [-0.25, -0.2) is 0 Å². The number of hydrogen-bond acceptors (Lipinski definition) is 2. The second-order valence-corrected chi connectivity index (χ2v) is 4.95. The molecule has 14 heavy (non-hydrogen) atoms. The van der Waals surface area contributed by atoms with Crippen LogP contribution in [-0.4, -0.2) is 23.8 Å². The molecule has 0 aromatic rings. The Morgan fingerprint density at radius 1 is 1.29 bits per heavy atom. The fraction of sp³-hybridized carbons (Fsp3) is 1.00. The van der Waals surface area contributed by atoms with Crippen molar-refractivity contribution in [1.82, 2.24) is 5.32 Å². The SMILES string of the molecule is CC(C)CCCN[C@@H]1CCCC[C@H]1O. The third kappa shape index (κ3) is 4.43. The molecule has 0 aromatic carbocycles. The first-order valence-electron chi connectivity index (χ1n) is 6.11. The predicted octanol–water partition coefficient (Wildman–Crippen LogP) is 2.32. The van der Waals surface area contributed by atoms with Crippen LogP contribution in [0.25, 0.3) is 0 Å². The van der Waals surface area contributed by atoms with Gasteiger partial charge < -0.3 is 10.4 Å². The summed E-state index contributed by atoms with van der Waals surface area (Å²) in [6, 6.07) is 0.371. The average molecular weight is 199 g/mol. The zero-order valence-electron chi connectivity index (χ0n) is 9.63. The first kappa shape index (κ1) is 12.0. The van der Waals surface area contributed by atoms with Gasteiger partial charge in [-0.2, -0.15) is 0 Å². The van der Waals surface area contributed by atoms with E-state index in [1.54, 1.807) is 0 Å². The smallest absolute Gasteiger partial charge is 0.0693 e. The van der Waals surface area contributed by atoms with Gasteiger partial charge in [-0.3, -0.25) is 0 Å². The molecule has 0 amide bonds. The van der Waals surface area contributed by atoms with Gasteiger partial charge in [0.1, 0.15) is 0 Å². The van der Waals surface area contributed by atoms with E-state index in [-0.39, 0.29) is 6.10 Å². The molecule has 2 nitrogen and oxygen atoms in total. The fourth-order valence-electron chi connectivity index (χ4n) is 2.15. The summed E-state index contributed by atoms with van der Waals surface area (Å²) in [4.78, 5) is 0. The van der Waals surface area contributed by atoms with Crippen LogP contribution in [-0.2, 0) is 0 Å². The van der Waals surface area contributed by atoms with Gasteiger partial charge in [-0.15, -0.1) is 0 Å². The molecule has 0 aliphatic heterocycles. The number of nitrogens with one attached hydrogen (secondary N) is 1. The summed E-state index contributed by atoms with van der Waals surface area (Å²) in [5.74, 6) is 0.799. The molecule has 0 aromatic heterocycles. The summed E-state index contributed by atoms with van der Waals surface area (Å²) in [5.41, 5.74) is 0. The lowest BCUT2D eigenvalue weighted by Crippen LogP contribution is -2.42. The maximum absolute atomic E-state index is 9.71. The molecule has 0 spiro atoms. The Morgan fingerprint density at radius 3 is 2.64 bits per heavy atom. The van der Waals surface area contributed by atoms with Crippen LogP contribution in [0, 0.1) is 5.92 Å². The van der Waals surface area contributed by atoms with E-state index >= 15 is 0 Å². The predicted molar refractivity (Wildman–Crippen MR) is 60.3 cm³/mol. The van der Waals surface area contributed by atoms with Crippen molar-refractivity contribution >= 4 is 0 Å². The lowest BCUT2D eigenvalue weighted by molar-refractivity contribution is 0.0908. The first-order chi connectivity index (χ1) is 6.70. The maximum Gasteiger partial charge on any atom is 0.0693 e. The Morgan fingerprint density at radius 2 is 2.00 bits per heavy atom. The van der Waals surface area contributed by atoms with E-state index in [2.05, 4.69) is 19.2 Å². The molecule has 1 fully saturated rings. The van der Waals surface area contributed by atoms with Crippen molar-refractivity contribution in [2.24, 2.45) is 5.92 Å². The monoisotopic (exact) mass is 199 g/mol. The second kappa shape index (κ2) is 6.41. The van der Waals surface area contributed by atoms with Crippen LogP contribution in [0.1, 0.15) is 52.4 Å². The minimum absolute atomic E-state index is 0.0946. The molecule has 0 saturated heterocycles. The third-order valence-electron chi connectivity index (χ3n) is 3.09. The van der Waals surface area contributed by atoms with Gasteiger partial charge >= 0.3 is 0 Å². The number of aliphatic hydroxyl groups is 1. The standard InChI is InChI=1S/C12H25NO/c1-10(2)6-5-9-13-11-7-3-4-8-12(11)14/h10-14H,3-9H2,1-2H3/t11-,12-/m1/s1. The molecule has 2 heteroatoms. The van der Waals surface area contributed by atoms with E-state index in [9.17, 15) is 5.11 Å². The van der Waals surface area contributed by atoms with E-state index < -0.39 is 0 Å². The van der Waals surface area contributed by atoms with E-state index in [0.29, 0.717) is 6.04 Å². The highest BCUT2D eigenvalue weighted by molar-refractivity contribution is 4.80. The Labute approximate surface area is 88.1 Å².